The van der Waals surface area contributed by atoms with Crippen LogP contribution >= 0.6 is 22.7 Å². The van der Waals surface area contributed by atoms with Crippen LogP contribution in [0.2, 0.25) is 0 Å². The molecule has 1 fully saturated rings. The van der Waals surface area contributed by atoms with Crippen molar-refractivity contribution >= 4 is 34.5 Å². The highest BCUT2D eigenvalue weighted by Gasteiger charge is 2.24. The van der Waals surface area contributed by atoms with Crippen LogP contribution in [-0.2, 0) is 0 Å². The maximum absolute atomic E-state index is 12.8. The van der Waals surface area contributed by atoms with Gasteiger partial charge in [-0.2, -0.15) is 0 Å². The summed E-state index contributed by atoms with van der Waals surface area (Å²) in [6, 6.07) is 13.6. The Labute approximate surface area is 177 Å². The van der Waals surface area contributed by atoms with Crippen LogP contribution in [0.4, 0.5) is 0 Å². The lowest BCUT2D eigenvalue weighted by Gasteiger charge is -2.34. The molecule has 4 rings (SSSR count). The number of carbonyl (C=O) groups is 2. The minimum absolute atomic E-state index is 0.00548. The van der Waals surface area contributed by atoms with E-state index in [1.165, 1.54) is 22.7 Å². The first-order chi connectivity index (χ1) is 14.2. The average Bonchev–Trinajstić information content (AvgIpc) is 3.47. The molecule has 2 amide bonds. The van der Waals surface area contributed by atoms with E-state index in [1.807, 2.05) is 58.1 Å². The Kier molecular flexibility index (Phi) is 6.33. The molecule has 0 bridgehead atoms. The van der Waals surface area contributed by atoms with Crippen molar-refractivity contribution in [2.75, 3.05) is 39.3 Å². The van der Waals surface area contributed by atoms with Gasteiger partial charge in [0.2, 0.25) is 0 Å². The fourth-order valence-corrected chi connectivity index (χ4v) is 4.68. The lowest BCUT2D eigenvalue weighted by Crippen LogP contribution is -2.50. The second kappa shape index (κ2) is 9.30. The first kappa shape index (κ1) is 19.8. The molecular formula is C21H22N4O2S2. The molecule has 150 valence electrons. The summed E-state index contributed by atoms with van der Waals surface area (Å²) in [6.45, 7) is 4.35. The van der Waals surface area contributed by atoms with Crippen molar-refractivity contribution < 1.29 is 9.59 Å². The Morgan fingerprint density at radius 3 is 2.52 bits per heavy atom. The van der Waals surface area contributed by atoms with Crippen molar-refractivity contribution in [1.82, 2.24) is 20.1 Å². The zero-order valence-electron chi connectivity index (χ0n) is 15.9. The molecule has 0 saturated carbocycles. The van der Waals surface area contributed by atoms with E-state index in [-0.39, 0.29) is 11.8 Å². The zero-order chi connectivity index (χ0) is 20.1. The number of benzene rings is 1. The fourth-order valence-electron chi connectivity index (χ4n) is 3.24. The maximum Gasteiger partial charge on any atom is 0.273 e. The van der Waals surface area contributed by atoms with Crippen molar-refractivity contribution in [2.24, 2.45) is 0 Å². The van der Waals surface area contributed by atoms with Gasteiger partial charge in [-0.05, 0) is 11.4 Å². The molecule has 1 saturated heterocycles. The van der Waals surface area contributed by atoms with Gasteiger partial charge in [0.05, 0.1) is 4.88 Å². The van der Waals surface area contributed by atoms with Gasteiger partial charge in [-0.25, -0.2) is 4.98 Å². The van der Waals surface area contributed by atoms with Gasteiger partial charge in [0.25, 0.3) is 11.8 Å². The van der Waals surface area contributed by atoms with Gasteiger partial charge < -0.3 is 10.2 Å². The van der Waals surface area contributed by atoms with Crippen LogP contribution in [0.25, 0.3) is 10.6 Å². The van der Waals surface area contributed by atoms with Gasteiger partial charge in [-0.15, -0.1) is 22.7 Å². The molecule has 1 aliphatic rings. The number of nitrogens with one attached hydrogen (secondary N) is 1. The third-order valence-electron chi connectivity index (χ3n) is 4.86. The van der Waals surface area contributed by atoms with E-state index >= 15 is 0 Å². The quantitative estimate of drug-likeness (QED) is 0.658. The molecule has 1 aromatic carbocycles. The minimum atomic E-state index is -0.0217. The molecule has 3 aromatic rings. The first-order valence-corrected chi connectivity index (χ1v) is 11.3. The van der Waals surface area contributed by atoms with Crippen LogP contribution in [0.1, 0.15) is 20.2 Å². The Morgan fingerprint density at radius 1 is 1.00 bits per heavy atom. The van der Waals surface area contributed by atoms with Gasteiger partial charge in [-0.3, -0.25) is 14.5 Å². The largest absolute Gasteiger partial charge is 0.350 e. The third-order valence-corrected chi connectivity index (χ3v) is 6.62. The summed E-state index contributed by atoms with van der Waals surface area (Å²) in [5.74, 6) is -0.0272. The minimum Gasteiger partial charge on any atom is -0.350 e. The van der Waals surface area contributed by atoms with E-state index in [2.05, 4.69) is 15.2 Å². The number of thiophene rings is 1. The lowest BCUT2D eigenvalue weighted by molar-refractivity contribution is 0.0633. The summed E-state index contributed by atoms with van der Waals surface area (Å²) >= 11 is 2.94. The molecule has 29 heavy (non-hydrogen) atoms. The number of carbonyl (C=O) groups excluding carboxylic acids is 2. The van der Waals surface area contributed by atoms with E-state index < -0.39 is 0 Å². The number of thiazole rings is 1. The molecule has 0 aliphatic carbocycles. The van der Waals surface area contributed by atoms with Crippen LogP contribution in [0, 0.1) is 0 Å². The number of piperazine rings is 1. The fraction of sp³-hybridized carbons (Fsp3) is 0.286. The maximum atomic E-state index is 12.8. The Morgan fingerprint density at radius 2 is 1.79 bits per heavy atom. The summed E-state index contributed by atoms with van der Waals surface area (Å²) in [5.41, 5.74) is 1.55. The topological polar surface area (TPSA) is 65.5 Å². The molecule has 2 aromatic heterocycles. The summed E-state index contributed by atoms with van der Waals surface area (Å²) in [4.78, 5) is 34.2. The molecule has 0 radical (unpaired) electrons. The average molecular weight is 427 g/mol. The SMILES string of the molecule is O=C(NCCN1CCN(C(=O)c2csc(-c3ccccc3)n2)CC1)c1cccs1. The van der Waals surface area contributed by atoms with Crippen molar-refractivity contribution in [3.63, 3.8) is 0 Å². The van der Waals surface area contributed by atoms with Crippen LogP contribution in [-0.4, -0.2) is 65.9 Å². The van der Waals surface area contributed by atoms with E-state index in [0.29, 0.717) is 25.3 Å². The molecule has 3 heterocycles. The van der Waals surface area contributed by atoms with Crippen molar-refractivity contribution in [3.8, 4) is 10.6 Å². The van der Waals surface area contributed by atoms with E-state index in [4.69, 9.17) is 0 Å². The summed E-state index contributed by atoms with van der Waals surface area (Å²) < 4.78 is 0. The summed E-state index contributed by atoms with van der Waals surface area (Å²) in [6.07, 6.45) is 0. The first-order valence-electron chi connectivity index (χ1n) is 9.55. The zero-order valence-corrected chi connectivity index (χ0v) is 17.5. The molecule has 0 atom stereocenters. The highest BCUT2D eigenvalue weighted by atomic mass is 32.1. The molecule has 0 unspecified atom stereocenters. The molecule has 8 heteroatoms. The highest BCUT2D eigenvalue weighted by molar-refractivity contribution is 7.13. The number of amides is 2. The van der Waals surface area contributed by atoms with Crippen molar-refractivity contribution in [1.29, 1.82) is 0 Å². The van der Waals surface area contributed by atoms with Gasteiger partial charge in [-0.1, -0.05) is 36.4 Å². The predicted molar refractivity (Wildman–Crippen MR) is 117 cm³/mol. The second-order valence-corrected chi connectivity index (χ2v) is 8.58. The van der Waals surface area contributed by atoms with Crippen LogP contribution in [0.3, 0.4) is 0 Å². The lowest BCUT2D eigenvalue weighted by atomic mass is 10.2. The molecule has 1 aliphatic heterocycles. The van der Waals surface area contributed by atoms with E-state index in [9.17, 15) is 9.59 Å². The Bertz CT molecular complexity index is 948. The smallest absolute Gasteiger partial charge is 0.273 e. The van der Waals surface area contributed by atoms with Gasteiger partial charge in [0.15, 0.2) is 0 Å². The monoisotopic (exact) mass is 426 g/mol. The molecular weight excluding hydrogens is 404 g/mol. The number of aromatic nitrogens is 1. The number of rotatable bonds is 6. The highest BCUT2D eigenvalue weighted by Crippen LogP contribution is 2.24. The van der Waals surface area contributed by atoms with Crippen LogP contribution in [0.15, 0.2) is 53.2 Å². The van der Waals surface area contributed by atoms with Crippen LogP contribution < -0.4 is 5.32 Å². The van der Waals surface area contributed by atoms with Crippen molar-refractivity contribution in [3.05, 3.63) is 63.8 Å². The molecule has 6 nitrogen and oxygen atoms in total. The molecule has 1 N–H and O–H groups in total. The Hall–Kier alpha value is -2.55. The second-order valence-electron chi connectivity index (χ2n) is 6.77. The number of hydrogen-bond donors (Lipinski definition) is 1. The van der Waals surface area contributed by atoms with Crippen LogP contribution in [0.5, 0.6) is 0 Å². The Balaban J connectivity index is 1.24. The standard InChI is InChI=1S/C21H22N4O2S2/c26-19(18-7-4-14-28-18)22-8-9-24-10-12-25(13-11-24)21(27)17-15-29-20(23-17)16-5-2-1-3-6-16/h1-7,14-15H,8-13H2,(H,22,26). The number of nitrogens with zero attached hydrogens (tertiary/aromatic N) is 3. The summed E-state index contributed by atoms with van der Waals surface area (Å²) in [5, 5.41) is 7.56. The summed E-state index contributed by atoms with van der Waals surface area (Å²) in [7, 11) is 0. The van der Waals surface area contributed by atoms with E-state index in [0.717, 1.165) is 35.1 Å². The van der Waals surface area contributed by atoms with E-state index in [1.54, 1.807) is 0 Å². The van der Waals surface area contributed by atoms with Gasteiger partial charge in [0.1, 0.15) is 10.7 Å². The van der Waals surface area contributed by atoms with Gasteiger partial charge >= 0.3 is 0 Å². The number of hydrogen-bond acceptors (Lipinski definition) is 6. The third kappa shape index (κ3) is 4.90. The van der Waals surface area contributed by atoms with Gasteiger partial charge in [0, 0.05) is 50.2 Å². The predicted octanol–water partition coefficient (Wildman–Crippen LogP) is 3.06. The normalized spacial score (nSPS) is 14.7. The van der Waals surface area contributed by atoms with Crippen molar-refractivity contribution in [2.45, 2.75) is 0 Å². The molecule has 0 spiro atoms.